The van der Waals surface area contributed by atoms with E-state index in [1.54, 1.807) is 24.3 Å². The quantitative estimate of drug-likeness (QED) is 0.786. The zero-order chi connectivity index (χ0) is 19.2. The molecule has 0 aliphatic rings. The van der Waals surface area contributed by atoms with Crippen molar-refractivity contribution < 1.29 is 13.2 Å². The van der Waals surface area contributed by atoms with E-state index in [4.69, 9.17) is 5.26 Å². The highest BCUT2D eigenvalue weighted by Crippen LogP contribution is 2.18. The highest BCUT2D eigenvalue weighted by atomic mass is 32.2. The van der Waals surface area contributed by atoms with Gasteiger partial charge in [0.15, 0.2) is 0 Å². The molecule has 0 atom stereocenters. The van der Waals surface area contributed by atoms with E-state index >= 15 is 0 Å². The number of anilines is 1. The van der Waals surface area contributed by atoms with E-state index < -0.39 is 10.0 Å². The maximum Gasteiger partial charge on any atom is 0.242 e. The third-order valence-corrected chi connectivity index (χ3v) is 6.36. The Hall–Kier alpha value is -2.34. The Morgan fingerprint density at radius 3 is 2.42 bits per heavy atom. The zero-order valence-corrected chi connectivity index (χ0v) is 16.1. The fraction of sp³-hybridized carbons (Fsp3) is 0.222. The summed E-state index contributed by atoms with van der Waals surface area (Å²) in [6.45, 7) is 0. The second-order valence-electron chi connectivity index (χ2n) is 5.62. The fourth-order valence-corrected chi connectivity index (χ4v) is 3.86. The average molecular weight is 390 g/mol. The molecule has 0 spiro atoms. The molecular weight excluding hydrogens is 370 g/mol. The second-order valence-corrected chi connectivity index (χ2v) is 8.76. The lowest BCUT2D eigenvalue weighted by atomic mass is 10.1. The summed E-state index contributed by atoms with van der Waals surface area (Å²) in [4.78, 5) is 12.2. The summed E-state index contributed by atoms with van der Waals surface area (Å²) < 4.78 is 25.1. The number of hydrogen-bond acceptors (Lipinski definition) is 5. The van der Waals surface area contributed by atoms with Crippen LogP contribution in [-0.2, 0) is 20.6 Å². The van der Waals surface area contributed by atoms with Crippen LogP contribution in [0.5, 0.6) is 0 Å². The SMILES string of the molecule is CN(C)S(=O)(=O)c1ccc(NC(=O)CSCc2ccccc2C#N)cc1. The molecule has 0 saturated heterocycles. The van der Waals surface area contributed by atoms with Crippen molar-refractivity contribution in [1.29, 1.82) is 5.26 Å². The van der Waals surface area contributed by atoms with Crippen molar-refractivity contribution in [3.8, 4) is 6.07 Å². The number of carbonyl (C=O) groups excluding carboxylic acids is 1. The van der Waals surface area contributed by atoms with Crippen LogP contribution in [0.1, 0.15) is 11.1 Å². The maximum absolute atomic E-state index is 12.0. The van der Waals surface area contributed by atoms with Gasteiger partial charge in [0.25, 0.3) is 0 Å². The van der Waals surface area contributed by atoms with E-state index in [9.17, 15) is 13.2 Å². The number of amides is 1. The molecule has 2 rings (SSSR count). The Kier molecular flexibility index (Phi) is 6.80. The van der Waals surface area contributed by atoms with E-state index in [-0.39, 0.29) is 16.6 Å². The predicted octanol–water partition coefficient (Wildman–Crippen LogP) is 2.68. The van der Waals surface area contributed by atoms with Crippen LogP contribution in [-0.4, -0.2) is 38.5 Å². The zero-order valence-electron chi connectivity index (χ0n) is 14.5. The molecule has 0 fully saturated rings. The molecule has 6 nitrogen and oxygen atoms in total. The third-order valence-electron chi connectivity index (χ3n) is 3.55. The van der Waals surface area contributed by atoms with Crippen LogP contribution in [0, 0.1) is 11.3 Å². The van der Waals surface area contributed by atoms with Crippen molar-refractivity contribution in [3.63, 3.8) is 0 Å². The van der Waals surface area contributed by atoms with Gasteiger partial charge in [-0.25, -0.2) is 12.7 Å². The smallest absolute Gasteiger partial charge is 0.242 e. The first-order valence-electron chi connectivity index (χ1n) is 7.73. The monoisotopic (exact) mass is 389 g/mol. The van der Waals surface area contributed by atoms with Crippen molar-refractivity contribution in [1.82, 2.24) is 4.31 Å². The van der Waals surface area contributed by atoms with E-state index in [1.807, 2.05) is 12.1 Å². The first-order chi connectivity index (χ1) is 12.3. The van der Waals surface area contributed by atoms with Crippen molar-refractivity contribution in [2.45, 2.75) is 10.6 Å². The van der Waals surface area contributed by atoms with Gasteiger partial charge in [-0.15, -0.1) is 11.8 Å². The average Bonchev–Trinajstić information content (AvgIpc) is 2.62. The number of sulfonamides is 1. The van der Waals surface area contributed by atoms with Crippen LogP contribution in [0.2, 0.25) is 0 Å². The van der Waals surface area contributed by atoms with Crippen LogP contribution in [0.25, 0.3) is 0 Å². The summed E-state index contributed by atoms with van der Waals surface area (Å²) in [6.07, 6.45) is 0. The lowest BCUT2D eigenvalue weighted by Gasteiger charge is -2.12. The summed E-state index contributed by atoms with van der Waals surface area (Å²) in [5.41, 5.74) is 2.04. The molecule has 0 bridgehead atoms. The Morgan fingerprint density at radius 2 is 1.81 bits per heavy atom. The summed E-state index contributed by atoms with van der Waals surface area (Å²) in [7, 11) is -0.553. The molecule has 2 aromatic rings. The molecule has 136 valence electrons. The molecular formula is C18H19N3O3S2. The van der Waals surface area contributed by atoms with E-state index in [0.29, 0.717) is 17.0 Å². The van der Waals surface area contributed by atoms with Gasteiger partial charge < -0.3 is 5.32 Å². The molecule has 0 aliphatic carbocycles. The Labute approximate surface area is 157 Å². The van der Waals surface area contributed by atoms with Gasteiger partial charge in [-0.2, -0.15) is 5.26 Å². The number of rotatable bonds is 7. The number of nitrogens with one attached hydrogen (secondary N) is 1. The molecule has 1 amide bonds. The van der Waals surface area contributed by atoms with Crippen LogP contribution in [0.3, 0.4) is 0 Å². The van der Waals surface area contributed by atoms with Crippen LogP contribution in [0.15, 0.2) is 53.4 Å². The minimum Gasteiger partial charge on any atom is -0.325 e. The van der Waals surface area contributed by atoms with Gasteiger partial charge in [0.1, 0.15) is 0 Å². The third kappa shape index (κ3) is 5.08. The summed E-state index contributed by atoms with van der Waals surface area (Å²) >= 11 is 1.41. The molecule has 0 aliphatic heterocycles. The van der Waals surface area contributed by atoms with Crippen molar-refractivity contribution in [3.05, 3.63) is 59.7 Å². The molecule has 1 N–H and O–H groups in total. The van der Waals surface area contributed by atoms with Gasteiger partial charge in [0, 0.05) is 25.5 Å². The van der Waals surface area contributed by atoms with Crippen molar-refractivity contribution in [2.75, 3.05) is 25.2 Å². The molecule has 0 heterocycles. The highest BCUT2D eigenvalue weighted by molar-refractivity contribution is 7.99. The summed E-state index contributed by atoms with van der Waals surface area (Å²) in [5.74, 6) is 0.613. The largest absolute Gasteiger partial charge is 0.325 e. The number of carbonyl (C=O) groups is 1. The minimum absolute atomic E-state index is 0.169. The summed E-state index contributed by atoms with van der Waals surface area (Å²) in [5, 5.41) is 11.8. The van der Waals surface area contributed by atoms with E-state index in [1.165, 1.54) is 38.0 Å². The number of benzene rings is 2. The molecule has 2 aromatic carbocycles. The van der Waals surface area contributed by atoms with Gasteiger partial charge in [-0.05, 0) is 35.9 Å². The predicted molar refractivity (Wildman–Crippen MR) is 103 cm³/mol. The highest BCUT2D eigenvalue weighted by Gasteiger charge is 2.16. The second kappa shape index (κ2) is 8.85. The van der Waals surface area contributed by atoms with Gasteiger partial charge in [-0.3, -0.25) is 4.79 Å². The lowest BCUT2D eigenvalue weighted by molar-refractivity contribution is -0.113. The van der Waals surface area contributed by atoms with Gasteiger partial charge in [-0.1, -0.05) is 18.2 Å². The maximum atomic E-state index is 12.0. The lowest BCUT2D eigenvalue weighted by Crippen LogP contribution is -2.22. The fourth-order valence-electron chi connectivity index (χ4n) is 2.13. The normalized spacial score (nSPS) is 11.2. The first kappa shape index (κ1) is 20.0. The van der Waals surface area contributed by atoms with Crippen molar-refractivity contribution >= 4 is 33.4 Å². The van der Waals surface area contributed by atoms with E-state index in [2.05, 4.69) is 11.4 Å². The van der Waals surface area contributed by atoms with Crippen LogP contribution < -0.4 is 5.32 Å². The standard InChI is InChI=1S/C18H19N3O3S2/c1-21(2)26(23,24)17-9-7-16(8-10-17)20-18(22)13-25-12-15-6-4-3-5-14(15)11-19/h3-10H,12-13H2,1-2H3,(H,20,22). The summed E-state index contributed by atoms with van der Waals surface area (Å²) in [6, 6.07) is 15.5. The molecule has 8 heteroatoms. The molecule has 0 radical (unpaired) electrons. The number of nitrogens with zero attached hydrogens (tertiary/aromatic N) is 2. The molecule has 26 heavy (non-hydrogen) atoms. The number of nitriles is 1. The Balaban J connectivity index is 1.89. The molecule has 0 saturated carbocycles. The van der Waals surface area contributed by atoms with Gasteiger partial charge >= 0.3 is 0 Å². The molecule has 0 unspecified atom stereocenters. The molecule has 0 aromatic heterocycles. The van der Waals surface area contributed by atoms with Crippen molar-refractivity contribution in [2.24, 2.45) is 0 Å². The topological polar surface area (TPSA) is 90.3 Å². The van der Waals surface area contributed by atoms with Crippen LogP contribution in [0.4, 0.5) is 5.69 Å². The van der Waals surface area contributed by atoms with Gasteiger partial charge in [0.2, 0.25) is 15.9 Å². The Morgan fingerprint density at radius 1 is 1.15 bits per heavy atom. The van der Waals surface area contributed by atoms with E-state index in [0.717, 1.165) is 9.87 Å². The number of thioether (sulfide) groups is 1. The van der Waals surface area contributed by atoms with Gasteiger partial charge in [0.05, 0.1) is 22.3 Å². The number of hydrogen-bond donors (Lipinski definition) is 1. The Bertz CT molecular complexity index is 917. The van der Waals surface area contributed by atoms with Crippen LogP contribution >= 0.6 is 11.8 Å². The first-order valence-corrected chi connectivity index (χ1v) is 10.3. The minimum atomic E-state index is -3.48.